The maximum Gasteiger partial charge on any atom is 0.243 e. The van der Waals surface area contributed by atoms with Gasteiger partial charge in [-0.3, -0.25) is 9.59 Å². The van der Waals surface area contributed by atoms with Gasteiger partial charge in [0.2, 0.25) is 11.8 Å². The van der Waals surface area contributed by atoms with E-state index in [1.165, 1.54) is 0 Å². The molecule has 114 valence electrons. The lowest BCUT2D eigenvalue weighted by molar-refractivity contribution is -0.136. The molecule has 6 nitrogen and oxygen atoms in total. The number of rotatable bonds is 6. The Morgan fingerprint density at radius 2 is 2.05 bits per heavy atom. The summed E-state index contributed by atoms with van der Waals surface area (Å²) in [6, 6.07) is 7.08. The standard InChI is InChI=1S/C15H21N3O3/c16-8-10-21-13-6-4-12(5-7-13)17-14(19)11-18-9-2-1-3-15(18)20/h4-7H,1-3,8-11,16H2,(H,17,19). The molecule has 2 amide bonds. The van der Waals surface area contributed by atoms with Crippen LogP contribution in [-0.2, 0) is 9.59 Å². The van der Waals surface area contributed by atoms with Crippen LogP contribution >= 0.6 is 0 Å². The Morgan fingerprint density at radius 1 is 1.29 bits per heavy atom. The first-order valence-electron chi connectivity index (χ1n) is 7.19. The number of nitrogens with one attached hydrogen (secondary N) is 1. The zero-order valence-corrected chi connectivity index (χ0v) is 12.0. The first kappa shape index (κ1) is 15.3. The van der Waals surface area contributed by atoms with Crippen molar-refractivity contribution in [1.29, 1.82) is 0 Å². The molecule has 1 fully saturated rings. The highest BCUT2D eigenvalue weighted by atomic mass is 16.5. The van der Waals surface area contributed by atoms with E-state index in [1.54, 1.807) is 29.2 Å². The monoisotopic (exact) mass is 291 g/mol. The molecule has 6 heteroatoms. The summed E-state index contributed by atoms with van der Waals surface area (Å²) in [5, 5.41) is 2.78. The highest BCUT2D eigenvalue weighted by molar-refractivity contribution is 5.94. The zero-order chi connectivity index (χ0) is 15.1. The summed E-state index contributed by atoms with van der Waals surface area (Å²) in [7, 11) is 0. The largest absolute Gasteiger partial charge is 0.492 e. The minimum Gasteiger partial charge on any atom is -0.492 e. The van der Waals surface area contributed by atoms with Crippen LogP contribution in [-0.4, -0.2) is 43.0 Å². The van der Waals surface area contributed by atoms with E-state index in [0.29, 0.717) is 37.6 Å². The average Bonchev–Trinajstić information content (AvgIpc) is 2.49. The molecule has 0 saturated carbocycles. The van der Waals surface area contributed by atoms with E-state index in [0.717, 1.165) is 12.8 Å². The molecule has 1 aliphatic heterocycles. The Kier molecular flexibility index (Phi) is 5.57. The normalized spacial score (nSPS) is 14.9. The van der Waals surface area contributed by atoms with Crippen LogP contribution in [0.5, 0.6) is 5.75 Å². The predicted molar refractivity (Wildman–Crippen MR) is 80.1 cm³/mol. The number of carbonyl (C=O) groups is 2. The van der Waals surface area contributed by atoms with Gasteiger partial charge in [0.15, 0.2) is 0 Å². The second kappa shape index (κ2) is 7.64. The van der Waals surface area contributed by atoms with Crippen molar-refractivity contribution in [2.45, 2.75) is 19.3 Å². The number of nitrogens with zero attached hydrogens (tertiary/aromatic N) is 1. The Balaban J connectivity index is 1.83. The summed E-state index contributed by atoms with van der Waals surface area (Å²) >= 11 is 0. The van der Waals surface area contributed by atoms with Crippen molar-refractivity contribution in [3.05, 3.63) is 24.3 Å². The summed E-state index contributed by atoms with van der Waals surface area (Å²) in [4.78, 5) is 25.2. The highest BCUT2D eigenvalue weighted by Gasteiger charge is 2.20. The van der Waals surface area contributed by atoms with Gasteiger partial charge in [0.25, 0.3) is 0 Å². The number of hydrogen-bond acceptors (Lipinski definition) is 4. The third kappa shape index (κ3) is 4.75. The molecule has 21 heavy (non-hydrogen) atoms. The van der Waals surface area contributed by atoms with E-state index in [9.17, 15) is 9.59 Å². The SMILES string of the molecule is NCCOc1ccc(NC(=O)CN2CCCCC2=O)cc1. The second-order valence-electron chi connectivity index (χ2n) is 4.98. The number of carbonyl (C=O) groups excluding carboxylic acids is 2. The van der Waals surface area contributed by atoms with Crippen molar-refractivity contribution in [3.63, 3.8) is 0 Å². The van der Waals surface area contributed by atoms with E-state index in [1.807, 2.05) is 0 Å². The van der Waals surface area contributed by atoms with Crippen LogP contribution in [0.25, 0.3) is 0 Å². The summed E-state index contributed by atoms with van der Waals surface area (Å²) < 4.78 is 5.36. The molecule has 0 spiro atoms. The van der Waals surface area contributed by atoms with Gasteiger partial charge in [0.05, 0.1) is 6.54 Å². The van der Waals surface area contributed by atoms with Crippen molar-refractivity contribution in [1.82, 2.24) is 4.90 Å². The predicted octanol–water partition coefficient (Wildman–Crippen LogP) is 0.975. The van der Waals surface area contributed by atoms with Gasteiger partial charge >= 0.3 is 0 Å². The number of ether oxygens (including phenoxy) is 1. The van der Waals surface area contributed by atoms with Gasteiger partial charge in [-0.05, 0) is 37.1 Å². The number of piperidine rings is 1. The van der Waals surface area contributed by atoms with Crippen molar-refractivity contribution in [3.8, 4) is 5.75 Å². The number of amides is 2. The number of hydrogen-bond donors (Lipinski definition) is 2. The average molecular weight is 291 g/mol. The Bertz CT molecular complexity index is 487. The van der Waals surface area contributed by atoms with Crippen LogP contribution in [0, 0.1) is 0 Å². The Hall–Kier alpha value is -2.08. The van der Waals surface area contributed by atoms with Gasteiger partial charge in [0.1, 0.15) is 12.4 Å². The second-order valence-corrected chi connectivity index (χ2v) is 4.98. The molecule has 0 unspecified atom stereocenters. The maximum atomic E-state index is 11.9. The van der Waals surface area contributed by atoms with Gasteiger partial charge in [0, 0.05) is 25.2 Å². The summed E-state index contributed by atoms with van der Waals surface area (Å²) in [6.07, 6.45) is 2.42. The Morgan fingerprint density at radius 3 is 2.71 bits per heavy atom. The first-order chi connectivity index (χ1) is 10.2. The lowest BCUT2D eigenvalue weighted by Crippen LogP contribution is -2.40. The molecule has 2 rings (SSSR count). The lowest BCUT2D eigenvalue weighted by Gasteiger charge is -2.25. The number of nitrogens with two attached hydrogens (primary N) is 1. The van der Waals surface area contributed by atoms with Crippen molar-refractivity contribution in [2.24, 2.45) is 5.73 Å². The smallest absolute Gasteiger partial charge is 0.243 e. The van der Waals surface area contributed by atoms with Crippen LogP contribution in [0.2, 0.25) is 0 Å². The third-order valence-corrected chi connectivity index (χ3v) is 3.28. The maximum absolute atomic E-state index is 11.9. The van der Waals surface area contributed by atoms with E-state index < -0.39 is 0 Å². The summed E-state index contributed by atoms with van der Waals surface area (Å²) in [5.41, 5.74) is 6.04. The quantitative estimate of drug-likeness (QED) is 0.818. The molecule has 1 saturated heterocycles. The fourth-order valence-electron chi connectivity index (χ4n) is 2.21. The van der Waals surface area contributed by atoms with Crippen LogP contribution in [0.4, 0.5) is 5.69 Å². The minimum atomic E-state index is -0.180. The molecule has 0 aromatic heterocycles. The van der Waals surface area contributed by atoms with Gasteiger partial charge in [-0.1, -0.05) is 0 Å². The van der Waals surface area contributed by atoms with E-state index in [4.69, 9.17) is 10.5 Å². The van der Waals surface area contributed by atoms with Crippen LogP contribution in [0.1, 0.15) is 19.3 Å². The third-order valence-electron chi connectivity index (χ3n) is 3.28. The number of benzene rings is 1. The molecule has 1 heterocycles. The van der Waals surface area contributed by atoms with Gasteiger partial charge in [-0.25, -0.2) is 0 Å². The topological polar surface area (TPSA) is 84.7 Å². The van der Waals surface area contributed by atoms with Crippen LogP contribution in [0.3, 0.4) is 0 Å². The fourth-order valence-corrected chi connectivity index (χ4v) is 2.21. The van der Waals surface area contributed by atoms with Crippen LogP contribution in [0.15, 0.2) is 24.3 Å². The molecule has 0 atom stereocenters. The van der Waals surface area contributed by atoms with Gasteiger partial charge in [-0.2, -0.15) is 0 Å². The molecule has 1 aromatic carbocycles. The van der Waals surface area contributed by atoms with Crippen molar-refractivity contribution in [2.75, 3.05) is 31.6 Å². The van der Waals surface area contributed by atoms with Gasteiger partial charge in [-0.15, -0.1) is 0 Å². The summed E-state index contributed by atoms with van der Waals surface area (Å²) in [6.45, 7) is 1.70. The highest BCUT2D eigenvalue weighted by Crippen LogP contribution is 2.16. The van der Waals surface area contributed by atoms with Crippen molar-refractivity contribution < 1.29 is 14.3 Å². The van der Waals surface area contributed by atoms with Crippen molar-refractivity contribution >= 4 is 17.5 Å². The van der Waals surface area contributed by atoms with E-state index in [-0.39, 0.29) is 18.4 Å². The molecule has 1 aliphatic rings. The Labute approximate surface area is 124 Å². The summed E-state index contributed by atoms with van der Waals surface area (Å²) in [5.74, 6) is 0.590. The molecule has 3 N–H and O–H groups in total. The molecule has 1 aromatic rings. The molecule has 0 aliphatic carbocycles. The first-order valence-corrected chi connectivity index (χ1v) is 7.19. The molecule has 0 radical (unpaired) electrons. The lowest BCUT2D eigenvalue weighted by atomic mass is 10.1. The molecular weight excluding hydrogens is 270 g/mol. The van der Waals surface area contributed by atoms with Crippen LogP contribution < -0.4 is 15.8 Å². The zero-order valence-electron chi connectivity index (χ0n) is 12.0. The minimum absolute atomic E-state index is 0.0573. The fraction of sp³-hybridized carbons (Fsp3) is 0.467. The number of likely N-dealkylation sites (tertiary alicyclic amines) is 1. The number of anilines is 1. The molecule has 0 bridgehead atoms. The van der Waals surface area contributed by atoms with E-state index >= 15 is 0 Å². The van der Waals surface area contributed by atoms with E-state index in [2.05, 4.69) is 5.32 Å². The molecular formula is C15H21N3O3. The van der Waals surface area contributed by atoms with Gasteiger partial charge < -0.3 is 20.7 Å².